The minimum absolute atomic E-state index is 0.248. The highest BCUT2D eigenvalue weighted by Crippen LogP contribution is 2.28. The molecule has 1 aromatic carbocycles. The number of hydrogen-bond donors (Lipinski definition) is 1. The standard InChI is InChI=1S/C17H23Cl2NO3S/c1-6-23-16(21)15(20-24(22)17(3,4)5)9-11(2)12-7-8-13(18)14(19)10-12/h7-8,10,15,20H,2,6,9H2,1,3-5H3/t15-,24?/m0/s1. The van der Waals surface area contributed by atoms with Crippen LogP contribution in [0.1, 0.15) is 39.7 Å². The van der Waals surface area contributed by atoms with E-state index in [9.17, 15) is 9.35 Å². The second-order valence-electron chi connectivity index (χ2n) is 6.24. The average Bonchev–Trinajstić information content (AvgIpc) is 2.48. The molecule has 0 saturated carbocycles. The fraction of sp³-hybridized carbons (Fsp3) is 0.471. The van der Waals surface area contributed by atoms with Crippen molar-refractivity contribution in [3.63, 3.8) is 0 Å². The van der Waals surface area contributed by atoms with Gasteiger partial charge >= 0.3 is 5.97 Å². The molecule has 1 unspecified atom stereocenters. The van der Waals surface area contributed by atoms with Gasteiger partial charge in [0.05, 0.1) is 16.7 Å². The van der Waals surface area contributed by atoms with Gasteiger partial charge in [-0.05, 0) is 51.0 Å². The smallest absolute Gasteiger partial charge is 0.328 e. The minimum Gasteiger partial charge on any atom is -0.598 e. The van der Waals surface area contributed by atoms with E-state index in [1.165, 1.54) is 0 Å². The quantitative estimate of drug-likeness (QED) is 0.553. The predicted octanol–water partition coefficient (Wildman–Crippen LogP) is 4.38. The van der Waals surface area contributed by atoms with Crippen LogP contribution in [0.3, 0.4) is 0 Å². The van der Waals surface area contributed by atoms with Gasteiger partial charge in [0.1, 0.15) is 4.75 Å². The van der Waals surface area contributed by atoms with E-state index in [1.807, 2.05) is 20.8 Å². The average molecular weight is 392 g/mol. The van der Waals surface area contributed by atoms with Crippen LogP contribution >= 0.6 is 23.2 Å². The van der Waals surface area contributed by atoms with Gasteiger partial charge in [-0.25, -0.2) is 0 Å². The number of rotatable bonds is 7. The summed E-state index contributed by atoms with van der Waals surface area (Å²) in [5.74, 6) is -0.462. The summed E-state index contributed by atoms with van der Waals surface area (Å²) in [6.07, 6.45) is 0.249. The Hall–Kier alpha value is -0.720. The normalized spacial score (nSPS) is 14.1. The van der Waals surface area contributed by atoms with Crippen molar-refractivity contribution in [1.29, 1.82) is 0 Å². The molecule has 0 heterocycles. The first-order valence-corrected chi connectivity index (χ1v) is 9.44. The number of carbonyl (C=O) groups excluding carboxylic acids is 1. The van der Waals surface area contributed by atoms with Crippen LogP contribution in [-0.4, -0.2) is 27.9 Å². The molecule has 1 N–H and O–H groups in total. The van der Waals surface area contributed by atoms with Crippen LogP contribution in [0.5, 0.6) is 0 Å². The van der Waals surface area contributed by atoms with Crippen molar-refractivity contribution in [2.24, 2.45) is 0 Å². The Morgan fingerprint density at radius 2 is 2.00 bits per heavy atom. The molecule has 0 bridgehead atoms. The maximum absolute atomic E-state index is 12.3. The monoisotopic (exact) mass is 391 g/mol. The molecule has 0 amide bonds. The zero-order valence-electron chi connectivity index (χ0n) is 14.3. The van der Waals surface area contributed by atoms with Crippen molar-refractivity contribution >= 4 is 46.1 Å². The van der Waals surface area contributed by atoms with Gasteiger partial charge in [-0.3, -0.25) is 4.79 Å². The number of carbonyl (C=O) groups is 1. The Kier molecular flexibility index (Phi) is 8.09. The Bertz CT molecular complexity index is 602. The zero-order valence-corrected chi connectivity index (χ0v) is 16.6. The Balaban J connectivity index is 2.92. The van der Waals surface area contributed by atoms with Gasteiger partial charge in [0.25, 0.3) is 0 Å². The van der Waals surface area contributed by atoms with E-state index in [0.717, 1.165) is 5.56 Å². The van der Waals surface area contributed by atoms with Gasteiger partial charge in [-0.15, -0.1) is 4.72 Å². The largest absolute Gasteiger partial charge is 0.598 e. The maximum atomic E-state index is 12.3. The second-order valence-corrected chi connectivity index (χ2v) is 9.05. The molecule has 0 saturated heterocycles. The van der Waals surface area contributed by atoms with Crippen LogP contribution in [0, 0.1) is 0 Å². The van der Waals surface area contributed by atoms with Crippen LogP contribution in [0.15, 0.2) is 24.8 Å². The third-order valence-electron chi connectivity index (χ3n) is 3.15. The SMILES string of the molecule is C=C(C[C@H](N[S+]([O-])C(C)(C)C)C(=O)OCC)c1ccc(Cl)c(Cl)c1. The predicted molar refractivity (Wildman–Crippen MR) is 102 cm³/mol. The van der Waals surface area contributed by atoms with Crippen molar-refractivity contribution in [3.05, 3.63) is 40.4 Å². The number of benzene rings is 1. The fourth-order valence-electron chi connectivity index (χ4n) is 1.80. The lowest BCUT2D eigenvalue weighted by atomic mass is 10.0. The lowest BCUT2D eigenvalue weighted by Gasteiger charge is -2.27. The third kappa shape index (κ3) is 6.30. The lowest BCUT2D eigenvalue weighted by molar-refractivity contribution is -0.144. The van der Waals surface area contributed by atoms with E-state index in [4.69, 9.17) is 27.9 Å². The second kappa shape index (κ2) is 9.11. The Morgan fingerprint density at radius 3 is 2.50 bits per heavy atom. The molecular weight excluding hydrogens is 369 g/mol. The topological polar surface area (TPSA) is 61.4 Å². The summed E-state index contributed by atoms with van der Waals surface area (Å²) >= 11 is 10.5. The molecule has 134 valence electrons. The van der Waals surface area contributed by atoms with Gasteiger partial charge < -0.3 is 9.29 Å². The molecule has 7 heteroatoms. The molecule has 2 atom stereocenters. The molecule has 0 fully saturated rings. The highest BCUT2D eigenvalue weighted by Gasteiger charge is 2.33. The van der Waals surface area contributed by atoms with Crippen molar-refractivity contribution in [2.45, 2.75) is 44.9 Å². The molecule has 1 rings (SSSR count). The highest BCUT2D eigenvalue weighted by molar-refractivity contribution is 7.90. The van der Waals surface area contributed by atoms with Crippen molar-refractivity contribution in [3.8, 4) is 0 Å². The molecule has 0 radical (unpaired) electrons. The van der Waals surface area contributed by atoms with E-state index < -0.39 is 28.1 Å². The molecule has 0 aliphatic heterocycles. The lowest BCUT2D eigenvalue weighted by Crippen LogP contribution is -2.48. The molecule has 24 heavy (non-hydrogen) atoms. The van der Waals surface area contributed by atoms with E-state index in [0.29, 0.717) is 15.6 Å². The molecule has 0 spiro atoms. The summed E-state index contributed by atoms with van der Waals surface area (Å²) in [6.45, 7) is 11.4. The van der Waals surface area contributed by atoms with Gasteiger partial charge in [0.2, 0.25) is 0 Å². The summed E-state index contributed by atoms with van der Waals surface area (Å²) < 4.78 is 19.7. The summed E-state index contributed by atoms with van der Waals surface area (Å²) in [5, 5.41) is 0.858. The summed E-state index contributed by atoms with van der Waals surface area (Å²) in [5.41, 5.74) is 1.44. The van der Waals surface area contributed by atoms with Crippen LogP contribution in [-0.2, 0) is 20.9 Å². The van der Waals surface area contributed by atoms with Gasteiger partial charge in [-0.1, -0.05) is 35.8 Å². The summed E-state index contributed by atoms with van der Waals surface area (Å²) in [7, 11) is 0. The first-order chi connectivity index (χ1) is 11.1. The minimum atomic E-state index is -1.41. The van der Waals surface area contributed by atoms with Crippen molar-refractivity contribution in [1.82, 2.24) is 4.72 Å². The molecular formula is C17H23Cl2NO3S. The first-order valence-electron chi connectivity index (χ1n) is 7.54. The molecule has 4 nitrogen and oxygen atoms in total. The van der Waals surface area contributed by atoms with Crippen LogP contribution in [0.2, 0.25) is 10.0 Å². The number of nitrogens with one attached hydrogen (secondary N) is 1. The molecule has 0 aliphatic rings. The Labute approximate surface area is 156 Å². The van der Waals surface area contributed by atoms with Crippen LogP contribution in [0.25, 0.3) is 5.57 Å². The fourth-order valence-corrected chi connectivity index (χ4v) is 2.89. The number of halogens is 2. The van der Waals surface area contributed by atoms with Gasteiger partial charge in [0.15, 0.2) is 6.04 Å². The van der Waals surface area contributed by atoms with Gasteiger partial charge in [-0.2, -0.15) is 0 Å². The van der Waals surface area contributed by atoms with E-state index in [1.54, 1.807) is 25.1 Å². The first kappa shape index (κ1) is 21.3. The number of esters is 1. The van der Waals surface area contributed by atoms with Crippen LogP contribution < -0.4 is 4.72 Å². The summed E-state index contributed by atoms with van der Waals surface area (Å²) in [6, 6.07) is 4.38. The number of ether oxygens (including phenoxy) is 1. The highest BCUT2D eigenvalue weighted by atomic mass is 35.5. The van der Waals surface area contributed by atoms with Gasteiger partial charge in [0, 0.05) is 17.8 Å². The third-order valence-corrected chi connectivity index (χ3v) is 5.50. The van der Waals surface area contributed by atoms with E-state index in [2.05, 4.69) is 11.3 Å². The van der Waals surface area contributed by atoms with Crippen molar-refractivity contribution < 1.29 is 14.1 Å². The molecule has 1 aromatic rings. The van der Waals surface area contributed by atoms with Crippen LogP contribution in [0.4, 0.5) is 0 Å². The maximum Gasteiger partial charge on any atom is 0.328 e. The summed E-state index contributed by atoms with van der Waals surface area (Å²) in [4.78, 5) is 12.2. The molecule has 0 aliphatic carbocycles. The zero-order chi connectivity index (χ0) is 18.5. The van der Waals surface area contributed by atoms with E-state index in [-0.39, 0.29) is 13.0 Å². The van der Waals surface area contributed by atoms with E-state index >= 15 is 0 Å². The molecule has 0 aromatic heterocycles. The van der Waals surface area contributed by atoms with Crippen molar-refractivity contribution in [2.75, 3.05) is 6.61 Å². The Morgan fingerprint density at radius 1 is 1.38 bits per heavy atom. The number of hydrogen-bond acceptors (Lipinski definition) is 4.